The minimum Gasteiger partial charge on any atom is -0.481 e. The monoisotopic (exact) mass is 478 g/mol. The maximum absolute atomic E-state index is 12.9. The zero-order valence-corrected chi connectivity index (χ0v) is 20.4. The summed E-state index contributed by atoms with van der Waals surface area (Å²) in [7, 11) is 0. The molecular formula is C28H34N2O5. The van der Waals surface area contributed by atoms with Crippen molar-refractivity contribution < 1.29 is 24.2 Å². The third-order valence-electron chi connectivity index (χ3n) is 7.30. The van der Waals surface area contributed by atoms with Crippen molar-refractivity contribution >= 4 is 18.0 Å². The molecule has 1 fully saturated rings. The second kappa shape index (κ2) is 10.5. The number of rotatable bonds is 11. The molecule has 35 heavy (non-hydrogen) atoms. The summed E-state index contributed by atoms with van der Waals surface area (Å²) < 4.78 is 5.72. The average molecular weight is 479 g/mol. The van der Waals surface area contributed by atoms with Gasteiger partial charge in [0.15, 0.2) is 0 Å². The molecule has 1 saturated carbocycles. The molecule has 7 nitrogen and oxygen atoms in total. The molecular weight excluding hydrogens is 444 g/mol. The van der Waals surface area contributed by atoms with Crippen LogP contribution in [-0.4, -0.2) is 41.3 Å². The molecule has 0 saturated heterocycles. The second-order valence-corrected chi connectivity index (χ2v) is 9.92. The second-order valence-electron chi connectivity index (χ2n) is 9.92. The van der Waals surface area contributed by atoms with E-state index >= 15 is 0 Å². The molecule has 2 amide bonds. The zero-order chi connectivity index (χ0) is 25.0. The third kappa shape index (κ3) is 5.84. The van der Waals surface area contributed by atoms with Crippen molar-refractivity contribution in [3.8, 4) is 11.1 Å². The Bertz CT molecular complexity index is 1050. The first kappa shape index (κ1) is 24.8. The number of carboxylic acids is 1. The van der Waals surface area contributed by atoms with Gasteiger partial charge in [-0.15, -0.1) is 0 Å². The topological polar surface area (TPSA) is 105 Å². The number of fused-ring (bicyclic) bond motifs is 3. The highest BCUT2D eigenvalue weighted by Crippen LogP contribution is 2.45. The summed E-state index contributed by atoms with van der Waals surface area (Å²) in [4.78, 5) is 36.5. The summed E-state index contributed by atoms with van der Waals surface area (Å²) in [5.74, 6) is -0.871. The van der Waals surface area contributed by atoms with E-state index in [2.05, 4.69) is 34.9 Å². The molecule has 2 aromatic rings. The van der Waals surface area contributed by atoms with Gasteiger partial charge in [-0.3, -0.25) is 9.59 Å². The number of carboxylic acid groups (broad SMARTS) is 1. The van der Waals surface area contributed by atoms with Gasteiger partial charge >= 0.3 is 12.1 Å². The Labute approximate surface area is 206 Å². The molecule has 7 heteroatoms. The maximum Gasteiger partial charge on any atom is 0.407 e. The molecule has 0 spiro atoms. The number of ether oxygens (including phenoxy) is 1. The minimum atomic E-state index is -0.877. The number of amides is 2. The van der Waals surface area contributed by atoms with Gasteiger partial charge in [-0.05, 0) is 60.8 Å². The predicted molar refractivity (Wildman–Crippen MR) is 133 cm³/mol. The van der Waals surface area contributed by atoms with Crippen LogP contribution in [0, 0.1) is 5.92 Å². The van der Waals surface area contributed by atoms with E-state index in [1.165, 1.54) is 11.1 Å². The fourth-order valence-corrected chi connectivity index (χ4v) is 5.17. The Morgan fingerprint density at radius 1 is 1.06 bits per heavy atom. The van der Waals surface area contributed by atoms with Gasteiger partial charge in [0, 0.05) is 24.8 Å². The van der Waals surface area contributed by atoms with Crippen molar-refractivity contribution in [3.63, 3.8) is 0 Å². The maximum atomic E-state index is 12.9. The Balaban J connectivity index is 1.36. The Morgan fingerprint density at radius 2 is 1.66 bits per heavy atom. The van der Waals surface area contributed by atoms with E-state index in [9.17, 15) is 14.4 Å². The van der Waals surface area contributed by atoms with Crippen molar-refractivity contribution in [2.75, 3.05) is 6.61 Å². The number of aliphatic carboxylic acids is 1. The molecule has 2 aliphatic carbocycles. The first-order valence-corrected chi connectivity index (χ1v) is 12.4. The third-order valence-corrected chi connectivity index (χ3v) is 7.30. The van der Waals surface area contributed by atoms with E-state index in [4.69, 9.17) is 9.84 Å². The van der Waals surface area contributed by atoms with Crippen molar-refractivity contribution in [1.29, 1.82) is 0 Å². The van der Waals surface area contributed by atoms with Gasteiger partial charge in [-0.25, -0.2) is 4.79 Å². The Hall–Kier alpha value is -3.35. The van der Waals surface area contributed by atoms with E-state index in [1.807, 2.05) is 38.1 Å². The number of alkyl carbamates (subject to hydrolysis) is 1. The summed E-state index contributed by atoms with van der Waals surface area (Å²) in [6, 6.07) is 16.2. The van der Waals surface area contributed by atoms with Crippen LogP contribution in [0.1, 0.15) is 69.4 Å². The molecule has 0 aromatic heterocycles. The minimum absolute atomic E-state index is 0.0106. The van der Waals surface area contributed by atoms with Crippen LogP contribution in [0.4, 0.5) is 4.79 Å². The van der Waals surface area contributed by atoms with Crippen molar-refractivity contribution in [3.05, 3.63) is 59.7 Å². The van der Waals surface area contributed by atoms with E-state index in [0.29, 0.717) is 12.8 Å². The molecule has 186 valence electrons. The van der Waals surface area contributed by atoms with Crippen LogP contribution in [0.2, 0.25) is 0 Å². The summed E-state index contributed by atoms with van der Waals surface area (Å²) in [6.45, 7) is 4.03. The summed E-state index contributed by atoms with van der Waals surface area (Å²) in [6.07, 6.45) is 2.55. The Morgan fingerprint density at radius 3 is 2.20 bits per heavy atom. The number of benzene rings is 2. The van der Waals surface area contributed by atoms with E-state index < -0.39 is 17.6 Å². The standard InChI is InChI=1S/C28H34N2O5/c1-3-19(14-15-26(32)33)29-25(31)16-28(2,18-12-13-18)30-27(34)35-17-24-22-10-6-4-8-20(22)21-9-5-7-11-23(21)24/h4-11,18-19,24H,3,12-17H2,1-2H3,(H,29,31)(H,30,34)(H,32,33). The zero-order valence-electron chi connectivity index (χ0n) is 20.4. The first-order valence-electron chi connectivity index (χ1n) is 12.4. The molecule has 3 N–H and O–H groups in total. The SMILES string of the molecule is CCC(CCC(=O)O)NC(=O)CC(C)(NC(=O)OCC1c2ccccc2-c2ccccc21)C1CC1. The molecule has 2 aromatic carbocycles. The first-order chi connectivity index (χ1) is 16.8. The highest BCUT2D eigenvalue weighted by atomic mass is 16.5. The van der Waals surface area contributed by atoms with Gasteiger partial charge in [0.2, 0.25) is 5.91 Å². The number of carbonyl (C=O) groups is 3. The molecule has 2 unspecified atom stereocenters. The summed E-state index contributed by atoms with van der Waals surface area (Å²) >= 11 is 0. The van der Waals surface area contributed by atoms with Crippen LogP contribution >= 0.6 is 0 Å². The molecule has 2 atom stereocenters. The van der Waals surface area contributed by atoms with Crippen molar-refractivity contribution in [2.45, 2.75) is 69.9 Å². The lowest BCUT2D eigenvalue weighted by molar-refractivity contribution is -0.137. The van der Waals surface area contributed by atoms with E-state index in [0.717, 1.165) is 24.0 Å². The van der Waals surface area contributed by atoms with Crippen LogP contribution in [0.5, 0.6) is 0 Å². The van der Waals surface area contributed by atoms with E-state index in [-0.39, 0.29) is 43.2 Å². The number of nitrogens with one attached hydrogen (secondary N) is 2. The van der Waals surface area contributed by atoms with Gasteiger partial charge in [0.05, 0.1) is 5.54 Å². The van der Waals surface area contributed by atoms with Crippen molar-refractivity contribution in [1.82, 2.24) is 10.6 Å². The molecule has 0 radical (unpaired) electrons. The van der Waals surface area contributed by atoms with Crippen LogP contribution in [0.15, 0.2) is 48.5 Å². The quantitative estimate of drug-likeness (QED) is 0.429. The number of carbonyl (C=O) groups excluding carboxylic acids is 2. The molecule has 2 aliphatic rings. The summed E-state index contributed by atoms with van der Waals surface area (Å²) in [5, 5.41) is 14.8. The van der Waals surface area contributed by atoms with Crippen LogP contribution in [-0.2, 0) is 14.3 Å². The van der Waals surface area contributed by atoms with Gasteiger partial charge < -0.3 is 20.5 Å². The van der Waals surface area contributed by atoms with Gasteiger partial charge in [-0.2, -0.15) is 0 Å². The fourth-order valence-electron chi connectivity index (χ4n) is 5.17. The van der Waals surface area contributed by atoms with Crippen LogP contribution < -0.4 is 10.6 Å². The van der Waals surface area contributed by atoms with Gasteiger partial charge in [0.25, 0.3) is 0 Å². The fraction of sp³-hybridized carbons (Fsp3) is 0.464. The highest BCUT2D eigenvalue weighted by Gasteiger charge is 2.44. The molecule has 0 aliphatic heterocycles. The number of hydrogen-bond acceptors (Lipinski definition) is 4. The summed E-state index contributed by atoms with van der Waals surface area (Å²) in [5.41, 5.74) is 3.93. The van der Waals surface area contributed by atoms with Crippen LogP contribution in [0.25, 0.3) is 11.1 Å². The highest BCUT2D eigenvalue weighted by molar-refractivity contribution is 5.80. The largest absolute Gasteiger partial charge is 0.481 e. The van der Waals surface area contributed by atoms with E-state index in [1.54, 1.807) is 0 Å². The predicted octanol–water partition coefficient (Wildman–Crippen LogP) is 4.84. The molecule has 0 heterocycles. The lowest BCUT2D eigenvalue weighted by Gasteiger charge is -2.31. The normalized spacial score (nSPS) is 17.0. The molecule has 4 rings (SSSR count). The van der Waals surface area contributed by atoms with Gasteiger partial charge in [-0.1, -0.05) is 55.5 Å². The lowest BCUT2D eigenvalue weighted by atomic mass is 9.91. The number of hydrogen-bond donors (Lipinski definition) is 3. The Kier molecular flexibility index (Phi) is 7.43. The average Bonchev–Trinajstić information content (AvgIpc) is 3.64. The molecule has 0 bridgehead atoms. The van der Waals surface area contributed by atoms with Gasteiger partial charge in [0.1, 0.15) is 6.61 Å². The lowest BCUT2D eigenvalue weighted by Crippen LogP contribution is -2.52. The van der Waals surface area contributed by atoms with Crippen LogP contribution in [0.3, 0.4) is 0 Å². The smallest absolute Gasteiger partial charge is 0.407 e. The van der Waals surface area contributed by atoms with Crippen molar-refractivity contribution in [2.24, 2.45) is 5.92 Å².